The second-order valence-electron chi connectivity index (χ2n) is 2.87. The maximum atomic E-state index is 9.90. The first kappa shape index (κ1) is 18.5. The molecule has 0 spiro atoms. The quantitative estimate of drug-likeness (QED) is 0.414. The average molecular weight is 272 g/mol. The van der Waals surface area contributed by atoms with Crippen molar-refractivity contribution in [1.82, 2.24) is 0 Å². The minimum absolute atomic E-state index is 0.178. The lowest BCUT2D eigenvalue weighted by Crippen LogP contribution is -1.99. The van der Waals surface area contributed by atoms with Gasteiger partial charge in [-0.3, -0.25) is 0 Å². The minimum Gasteiger partial charge on any atom is -0.478 e. The Bertz CT molecular complexity index is 420. The number of allylic oxidation sites excluding steroid dienone is 2. The Hall–Kier alpha value is -2.90. The van der Waals surface area contributed by atoms with Gasteiger partial charge in [0.25, 0.3) is 0 Å². The third kappa shape index (κ3) is 17.7. The zero-order valence-electron chi connectivity index (χ0n) is 9.81. The lowest BCUT2D eigenvalue weighted by Gasteiger charge is -1.86. The maximum absolute atomic E-state index is 9.90. The zero-order valence-corrected chi connectivity index (χ0v) is 9.81. The third-order valence-electron chi connectivity index (χ3n) is 1.27. The molecule has 0 unspecified atom stereocenters. The molecule has 0 aliphatic carbocycles. The molecule has 0 atom stereocenters. The highest BCUT2D eigenvalue weighted by atomic mass is 16.4. The number of aliphatic carboxylic acids is 4. The minimum atomic E-state index is -1.24. The average Bonchev–Trinajstić information content (AvgIpc) is 2.23. The lowest BCUT2D eigenvalue weighted by atomic mass is 10.3. The van der Waals surface area contributed by atoms with Crippen molar-refractivity contribution >= 4 is 23.9 Å². The predicted molar refractivity (Wildman–Crippen MR) is 62.6 cm³/mol. The molecule has 0 rings (SSSR count). The Morgan fingerprint density at radius 3 is 1.26 bits per heavy atom. The van der Waals surface area contributed by atoms with E-state index < -0.39 is 23.9 Å². The van der Waals surface area contributed by atoms with E-state index in [1.54, 1.807) is 0 Å². The van der Waals surface area contributed by atoms with Gasteiger partial charge in [-0.05, 0) is 6.92 Å². The van der Waals surface area contributed by atoms with Crippen LogP contribution in [0.15, 0.2) is 36.0 Å². The SMILES string of the molecule is C/C(=C\C(=O)O)C(=O)O.O=C(O)/C=C/C=C/C(=O)O. The van der Waals surface area contributed by atoms with Crippen molar-refractivity contribution in [3.63, 3.8) is 0 Å². The highest BCUT2D eigenvalue weighted by Gasteiger charge is 2.00. The molecular weight excluding hydrogens is 260 g/mol. The van der Waals surface area contributed by atoms with Crippen LogP contribution in [-0.4, -0.2) is 44.3 Å². The van der Waals surface area contributed by atoms with E-state index in [9.17, 15) is 19.2 Å². The summed E-state index contributed by atoms with van der Waals surface area (Å²) in [5, 5.41) is 32.1. The van der Waals surface area contributed by atoms with Gasteiger partial charge in [0.15, 0.2) is 0 Å². The summed E-state index contributed by atoms with van der Waals surface area (Å²) < 4.78 is 0. The molecule has 0 aromatic heterocycles. The van der Waals surface area contributed by atoms with E-state index in [0.717, 1.165) is 24.3 Å². The Kier molecular flexibility index (Phi) is 9.98. The van der Waals surface area contributed by atoms with Crippen molar-refractivity contribution in [2.75, 3.05) is 0 Å². The summed E-state index contributed by atoms with van der Waals surface area (Å²) in [6, 6.07) is 0. The third-order valence-corrected chi connectivity index (χ3v) is 1.27. The fraction of sp³-hybridized carbons (Fsp3) is 0.0909. The Balaban J connectivity index is 0. The topological polar surface area (TPSA) is 149 Å². The number of hydrogen-bond donors (Lipinski definition) is 4. The number of carboxylic acid groups (broad SMARTS) is 4. The van der Waals surface area contributed by atoms with Crippen LogP contribution in [0.5, 0.6) is 0 Å². The molecule has 4 N–H and O–H groups in total. The fourth-order valence-electron chi connectivity index (χ4n) is 0.523. The summed E-state index contributed by atoms with van der Waals surface area (Å²) in [6.45, 7) is 1.22. The van der Waals surface area contributed by atoms with Gasteiger partial charge >= 0.3 is 23.9 Å². The first-order valence-corrected chi connectivity index (χ1v) is 4.62. The first-order chi connectivity index (χ1) is 8.66. The van der Waals surface area contributed by atoms with E-state index in [1.165, 1.54) is 6.92 Å². The van der Waals surface area contributed by atoms with Crippen LogP contribution in [0.2, 0.25) is 0 Å². The molecule has 0 fully saturated rings. The van der Waals surface area contributed by atoms with Crippen LogP contribution >= 0.6 is 0 Å². The molecule has 0 aromatic carbocycles. The van der Waals surface area contributed by atoms with E-state index in [2.05, 4.69) is 0 Å². The second kappa shape index (κ2) is 10.3. The lowest BCUT2D eigenvalue weighted by molar-refractivity contribution is -0.135. The van der Waals surface area contributed by atoms with Gasteiger partial charge in [0, 0.05) is 23.8 Å². The van der Waals surface area contributed by atoms with Gasteiger partial charge < -0.3 is 20.4 Å². The normalized spacial score (nSPS) is 10.9. The summed E-state index contributed by atoms with van der Waals surface area (Å²) in [7, 11) is 0. The van der Waals surface area contributed by atoms with E-state index in [4.69, 9.17) is 20.4 Å². The molecule has 0 aliphatic heterocycles. The van der Waals surface area contributed by atoms with Gasteiger partial charge in [0.05, 0.1) is 0 Å². The Morgan fingerprint density at radius 2 is 1.11 bits per heavy atom. The first-order valence-electron chi connectivity index (χ1n) is 4.62. The van der Waals surface area contributed by atoms with E-state index >= 15 is 0 Å². The van der Waals surface area contributed by atoms with Crippen molar-refractivity contribution in [2.24, 2.45) is 0 Å². The van der Waals surface area contributed by atoms with Gasteiger partial charge in [-0.1, -0.05) is 12.2 Å². The van der Waals surface area contributed by atoms with Gasteiger partial charge in [-0.15, -0.1) is 0 Å². The van der Waals surface area contributed by atoms with Crippen LogP contribution in [0, 0.1) is 0 Å². The number of carbonyl (C=O) groups is 4. The molecule has 8 heteroatoms. The summed E-state index contributed by atoms with van der Waals surface area (Å²) >= 11 is 0. The molecule has 0 amide bonds. The van der Waals surface area contributed by atoms with Crippen molar-refractivity contribution < 1.29 is 39.6 Å². The number of hydrogen-bond acceptors (Lipinski definition) is 4. The Morgan fingerprint density at radius 1 is 0.737 bits per heavy atom. The molecule has 0 saturated carbocycles. The van der Waals surface area contributed by atoms with Gasteiger partial charge in [-0.2, -0.15) is 0 Å². The molecule has 104 valence electrons. The molecule has 8 nitrogen and oxygen atoms in total. The van der Waals surface area contributed by atoms with Crippen LogP contribution in [-0.2, 0) is 19.2 Å². The monoisotopic (exact) mass is 272 g/mol. The van der Waals surface area contributed by atoms with Crippen LogP contribution in [0.4, 0.5) is 0 Å². The van der Waals surface area contributed by atoms with Crippen molar-refractivity contribution in [1.29, 1.82) is 0 Å². The molecule has 0 aliphatic rings. The molecule has 0 radical (unpaired) electrons. The smallest absolute Gasteiger partial charge is 0.331 e. The van der Waals surface area contributed by atoms with Crippen molar-refractivity contribution in [2.45, 2.75) is 6.92 Å². The molecule has 0 bridgehead atoms. The van der Waals surface area contributed by atoms with E-state index in [1.807, 2.05) is 0 Å². The molecule has 0 heterocycles. The zero-order chi connectivity index (χ0) is 15.4. The highest BCUT2D eigenvalue weighted by molar-refractivity contribution is 5.94. The summed E-state index contributed by atoms with van der Waals surface area (Å²) in [5.41, 5.74) is -0.178. The molecule has 0 aromatic rings. The summed E-state index contributed by atoms with van der Waals surface area (Å²) in [4.78, 5) is 39.2. The number of carboxylic acids is 4. The predicted octanol–water partition coefficient (Wildman–Crippen LogP) is 0.370. The molecular formula is C11H12O8. The van der Waals surface area contributed by atoms with E-state index in [-0.39, 0.29) is 5.57 Å². The second-order valence-corrected chi connectivity index (χ2v) is 2.87. The Labute approximate surface area is 107 Å². The maximum Gasteiger partial charge on any atom is 0.331 e. The van der Waals surface area contributed by atoms with Gasteiger partial charge in [-0.25, -0.2) is 19.2 Å². The van der Waals surface area contributed by atoms with Gasteiger partial charge in [0.2, 0.25) is 0 Å². The van der Waals surface area contributed by atoms with Gasteiger partial charge in [0.1, 0.15) is 0 Å². The van der Waals surface area contributed by atoms with Crippen LogP contribution in [0.3, 0.4) is 0 Å². The fourth-order valence-corrected chi connectivity index (χ4v) is 0.523. The largest absolute Gasteiger partial charge is 0.478 e. The highest BCUT2D eigenvalue weighted by Crippen LogP contribution is 1.89. The summed E-state index contributed by atoms with van der Waals surface area (Å²) in [6.07, 6.45) is 4.61. The van der Waals surface area contributed by atoms with Crippen LogP contribution in [0.1, 0.15) is 6.92 Å². The van der Waals surface area contributed by atoms with Crippen LogP contribution < -0.4 is 0 Å². The van der Waals surface area contributed by atoms with E-state index in [0.29, 0.717) is 6.08 Å². The standard InChI is InChI=1S/C6H6O4.C5H6O4/c7-5(8)3-1-2-4-6(9)10;1-3(5(8)9)2-4(6)7/h1-4H,(H,7,8)(H,9,10);2H,1H3,(H,6,7)(H,8,9)/b3-1+,4-2+;3-2+. The number of rotatable bonds is 5. The molecule has 19 heavy (non-hydrogen) atoms. The summed E-state index contributed by atoms with van der Waals surface area (Å²) in [5.74, 6) is -4.66. The van der Waals surface area contributed by atoms with Crippen molar-refractivity contribution in [3.8, 4) is 0 Å². The van der Waals surface area contributed by atoms with Crippen molar-refractivity contribution in [3.05, 3.63) is 36.0 Å². The van der Waals surface area contributed by atoms with Crippen LogP contribution in [0.25, 0.3) is 0 Å². The molecule has 0 saturated heterocycles.